The predicted molar refractivity (Wildman–Crippen MR) is 108 cm³/mol. The minimum absolute atomic E-state index is 0.106. The van der Waals surface area contributed by atoms with Crippen molar-refractivity contribution in [2.75, 3.05) is 18.0 Å². The van der Waals surface area contributed by atoms with E-state index < -0.39 is 11.9 Å². The zero-order valence-corrected chi connectivity index (χ0v) is 16.3. The lowest BCUT2D eigenvalue weighted by Gasteiger charge is -2.18. The molecular weight excluding hydrogens is 410 g/mol. The molecule has 0 N–H and O–H groups in total. The van der Waals surface area contributed by atoms with Crippen LogP contribution < -0.4 is 4.90 Å². The number of hydrogen-bond donors (Lipinski definition) is 0. The Morgan fingerprint density at radius 1 is 0.935 bits per heavy atom. The molecule has 1 aliphatic heterocycles. The Morgan fingerprint density at radius 2 is 1.74 bits per heavy atom. The van der Waals surface area contributed by atoms with E-state index in [0.717, 1.165) is 32.1 Å². The highest BCUT2D eigenvalue weighted by molar-refractivity contribution is 5.69. The Morgan fingerprint density at radius 3 is 2.52 bits per heavy atom. The number of halogens is 4. The van der Waals surface area contributed by atoms with Gasteiger partial charge < -0.3 is 4.90 Å². The molecule has 0 unspecified atom stereocenters. The SMILES string of the molecule is Fc1ccc(-c2cn3nc(-c4cccnc4C(F)(F)F)ccc3n2)cc1N1CCCC1. The van der Waals surface area contributed by atoms with Crippen LogP contribution in [0.2, 0.25) is 0 Å². The highest BCUT2D eigenvalue weighted by Gasteiger charge is 2.35. The summed E-state index contributed by atoms with van der Waals surface area (Å²) in [5, 5.41) is 4.31. The maximum absolute atomic E-state index is 14.3. The summed E-state index contributed by atoms with van der Waals surface area (Å²) in [6, 6.07) is 10.7. The highest BCUT2D eigenvalue weighted by atomic mass is 19.4. The van der Waals surface area contributed by atoms with Crippen LogP contribution in [-0.4, -0.2) is 32.7 Å². The molecule has 1 fully saturated rings. The van der Waals surface area contributed by atoms with E-state index in [1.807, 2.05) is 4.90 Å². The van der Waals surface area contributed by atoms with Gasteiger partial charge in [-0.3, -0.25) is 4.98 Å². The lowest BCUT2D eigenvalue weighted by Crippen LogP contribution is -2.18. The smallest absolute Gasteiger partial charge is 0.369 e. The number of benzene rings is 1. The molecule has 0 spiro atoms. The Balaban J connectivity index is 1.55. The van der Waals surface area contributed by atoms with E-state index in [2.05, 4.69) is 15.1 Å². The average Bonchev–Trinajstić information content (AvgIpc) is 3.43. The summed E-state index contributed by atoms with van der Waals surface area (Å²) in [7, 11) is 0. The number of fused-ring (bicyclic) bond motifs is 1. The molecule has 1 aliphatic rings. The fourth-order valence-corrected chi connectivity index (χ4v) is 3.88. The fourth-order valence-electron chi connectivity index (χ4n) is 3.88. The van der Waals surface area contributed by atoms with Gasteiger partial charge in [0.2, 0.25) is 0 Å². The molecule has 0 bridgehead atoms. The molecule has 5 rings (SSSR count). The zero-order chi connectivity index (χ0) is 21.6. The fraction of sp³-hybridized carbons (Fsp3) is 0.227. The molecule has 1 aromatic carbocycles. The quantitative estimate of drug-likeness (QED) is 0.421. The van der Waals surface area contributed by atoms with Gasteiger partial charge >= 0.3 is 6.18 Å². The second kappa shape index (κ2) is 7.33. The summed E-state index contributed by atoms with van der Waals surface area (Å²) < 4.78 is 55.7. The third kappa shape index (κ3) is 3.60. The molecule has 0 saturated carbocycles. The van der Waals surface area contributed by atoms with E-state index in [0.29, 0.717) is 22.6 Å². The van der Waals surface area contributed by atoms with Crippen molar-refractivity contribution >= 4 is 11.3 Å². The molecule has 31 heavy (non-hydrogen) atoms. The van der Waals surface area contributed by atoms with E-state index in [4.69, 9.17) is 0 Å². The van der Waals surface area contributed by atoms with Crippen molar-refractivity contribution in [1.82, 2.24) is 19.6 Å². The van der Waals surface area contributed by atoms with Gasteiger partial charge in [-0.15, -0.1) is 0 Å². The summed E-state index contributed by atoms with van der Waals surface area (Å²) >= 11 is 0. The molecule has 0 radical (unpaired) electrons. The first-order valence-electron chi connectivity index (χ1n) is 9.84. The van der Waals surface area contributed by atoms with Crippen LogP contribution in [0.4, 0.5) is 23.2 Å². The first kappa shape index (κ1) is 19.5. The number of hydrogen-bond acceptors (Lipinski definition) is 4. The molecule has 9 heteroatoms. The number of pyridine rings is 1. The van der Waals surface area contributed by atoms with Gasteiger partial charge in [-0.1, -0.05) is 0 Å². The molecule has 5 nitrogen and oxygen atoms in total. The van der Waals surface area contributed by atoms with Crippen LogP contribution in [0.1, 0.15) is 18.5 Å². The number of imidazole rings is 1. The number of aromatic nitrogens is 4. The second-order valence-electron chi connectivity index (χ2n) is 7.41. The van der Waals surface area contributed by atoms with E-state index in [9.17, 15) is 17.6 Å². The number of anilines is 1. The van der Waals surface area contributed by atoms with Gasteiger partial charge in [0.05, 0.1) is 23.3 Å². The summed E-state index contributed by atoms with van der Waals surface area (Å²) in [4.78, 5) is 10.00. The van der Waals surface area contributed by atoms with Crippen LogP contribution in [0.25, 0.3) is 28.2 Å². The van der Waals surface area contributed by atoms with Gasteiger partial charge in [-0.2, -0.15) is 18.3 Å². The highest BCUT2D eigenvalue weighted by Crippen LogP contribution is 2.35. The van der Waals surface area contributed by atoms with Crippen LogP contribution in [0.5, 0.6) is 0 Å². The summed E-state index contributed by atoms with van der Waals surface area (Å²) in [6.45, 7) is 1.62. The molecule has 4 heterocycles. The van der Waals surface area contributed by atoms with Gasteiger partial charge in [0, 0.05) is 30.4 Å². The zero-order valence-electron chi connectivity index (χ0n) is 16.3. The van der Waals surface area contributed by atoms with Gasteiger partial charge in [0.1, 0.15) is 5.82 Å². The Hall–Kier alpha value is -3.49. The van der Waals surface area contributed by atoms with Crippen molar-refractivity contribution in [1.29, 1.82) is 0 Å². The van der Waals surface area contributed by atoms with Crippen molar-refractivity contribution in [2.45, 2.75) is 19.0 Å². The monoisotopic (exact) mass is 427 g/mol. The van der Waals surface area contributed by atoms with E-state index in [1.54, 1.807) is 24.4 Å². The second-order valence-corrected chi connectivity index (χ2v) is 7.41. The molecule has 0 atom stereocenters. The van der Waals surface area contributed by atoms with Gasteiger partial charge in [-0.05, 0) is 55.3 Å². The van der Waals surface area contributed by atoms with E-state index in [-0.39, 0.29) is 17.1 Å². The van der Waals surface area contributed by atoms with Crippen molar-refractivity contribution in [3.63, 3.8) is 0 Å². The Kier molecular flexibility index (Phi) is 4.60. The topological polar surface area (TPSA) is 46.3 Å². The summed E-state index contributed by atoms with van der Waals surface area (Å²) in [6.07, 6.45) is 0.196. The van der Waals surface area contributed by atoms with Crippen molar-refractivity contribution in [3.8, 4) is 22.5 Å². The standard InChI is InChI=1S/C22H17F4N5/c23-16-6-5-14(12-19(16)30-10-1-2-11-30)18-13-31-20(28-18)8-7-17(29-31)15-4-3-9-27-21(15)22(24,25)26/h3-9,12-13H,1-2,10-11H2. The molecular formula is C22H17F4N5. The first-order valence-corrected chi connectivity index (χ1v) is 9.84. The molecule has 0 amide bonds. The van der Waals surface area contributed by atoms with Crippen molar-refractivity contribution in [2.24, 2.45) is 0 Å². The lowest BCUT2D eigenvalue weighted by molar-refractivity contribution is -0.140. The maximum Gasteiger partial charge on any atom is 0.434 e. The molecule has 1 saturated heterocycles. The first-order chi connectivity index (χ1) is 14.9. The number of nitrogens with zero attached hydrogens (tertiary/aromatic N) is 5. The number of rotatable bonds is 3. The lowest BCUT2D eigenvalue weighted by atomic mass is 10.1. The van der Waals surface area contributed by atoms with Crippen LogP contribution >= 0.6 is 0 Å². The van der Waals surface area contributed by atoms with E-state index in [1.165, 1.54) is 28.8 Å². The molecule has 158 valence electrons. The molecule has 0 aliphatic carbocycles. The third-order valence-corrected chi connectivity index (χ3v) is 5.36. The minimum Gasteiger partial charge on any atom is -0.369 e. The van der Waals surface area contributed by atoms with E-state index >= 15 is 0 Å². The Bertz CT molecular complexity index is 1260. The summed E-state index contributed by atoms with van der Waals surface area (Å²) in [5.74, 6) is -0.286. The third-order valence-electron chi connectivity index (χ3n) is 5.36. The normalized spacial score (nSPS) is 14.5. The Labute approximate surface area is 175 Å². The van der Waals surface area contributed by atoms with Crippen LogP contribution in [0.15, 0.2) is 54.9 Å². The largest absolute Gasteiger partial charge is 0.434 e. The molecule has 4 aromatic rings. The molecule has 3 aromatic heterocycles. The number of alkyl halides is 3. The van der Waals surface area contributed by atoms with Gasteiger partial charge in [0.15, 0.2) is 11.3 Å². The van der Waals surface area contributed by atoms with Gasteiger partial charge in [-0.25, -0.2) is 13.9 Å². The van der Waals surface area contributed by atoms with Crippen molar-refractivity contribution in [3.05, 3.63) is 66.4 Å². The summed E-state index contributed by atoms with van der Waals surface area (Å²) in [5.41, 5.74) is 1.32. The minimum atomic E-state index is -4.59. The van der Waals surface area contributed by atoms with Crippen molar-refractivity contribution < 1.29 is 17.6 Å². The average molecular weight is 427 g/mol. The van der Waals surface area contributed by atoms with Gasteiger partial charge in [0.25, 0.3) is 0 Å². The maximum atomic E-state index is 14.3. The predicted octanol–water partition coefficient (Wildman–Crippen LogP) is 5.22. The van der Waals surface area contributed by atoms with Crippen LogP contribution in [0.3, 0.4) is 0 Å². The van der Waals surface area contributed by atoms with Crippen LogP contribution in [-0.2, 0) is 6.18 Å². The van der Waals surface area contributed by atoms with Crippen LogP contribution in [0, 0.1) is 5.82 Å².